The molecule has 0 aliphatic rings. The summed E-state index contributed by atoms with van der Waals surface area (Å²) in [6.45, 7) is 4.98. The van der Waals surface area contributed by atoms with Crippen LogP contribution in [0.5, 0.6) is 0 Å². The first kappa shape index (κ1) is 10.3. The Morgan fingerprint density at radius 3 is 2.92 bits per heavy atom. The zero-order valence-electron chi connectivity index (χ0n) is 7.97. The average Bonchev–Trinajstić information content (AvgIpc) is 2.14. The van der Waals surface area contributed by atoms with Crippen LogP contribution >= 0.6 is 15.9 Å². The quantitative estimate of drug-likeness (QED) is 0.853. The van der Waals surface area contributed by atoms with E-state index in [9.17, 15) is 0 Å². The fourth-order valence-electron chi connectivity index (χ4n) is 0.990. The largest absolute Gasteiger partial charge is 0.385 e. The van der Waals surface area contributed by atoms with Crippen molar-refractivity contribution in [3.63, 3.8) is 0 Å². The smallest absolute Gasteiger partial charge is 0.0398 e. The van der Waals surface area contributed by atoms with Crippen molar-refractivity contribution in [2.45, 2.75) is 20.4 Å². The van der Waals surface area contributed by atoms with Crippen LogP contribution < -0.4 is 5.32 Å². The van der Waals surface area contributed by atoms with Crippen LogP contribution in [0.1, 0.15) is 19.4 Å². The van der Waals surface area contributed by atoms with Crippen LogP contribution in [0.15, 0.2) is 40.5 Å². The van der Waals surface area contributed by atoms with Gasteiger partial charge in [-0.05, 0) is 31.5 Å². The Labute approximate surface area is 88.0 Å². The van der Waals surface area contributed by atoms with Gasteiger partial charge in [0.1, 0.15) is 0 Å². The average molecular weight is 240 g/mol. The van der Waals surface area contributed by atoms with Gasteiger partial charge in [-0.3, -0.25) is 0 Å². The Bertz CT molecular complexity index is 305. The molecule has 1 nitrogen and oxygen atoms in total. The lowest BCUT2D eigenvalue weighted by atomic mass is 10.2. The Kier molecular flexibility index (Phi) is 4.03. The molecule has 0 saturated carbocycles. The van der Waals surface area contributed by atoms with Gasteiger partial charge in [-0.1, -0.05) is 34.1 Å². The van der Waals surface area contributed by atoms with E-state index in [0.29, 0.717) is 0 Å². The second kappa shape index (κ2) is 5.07. The Morgan fingerprint density at radius 2 is 2.31 bits per heavy atom. The summed E-state index contributed by atoms with van der Waals surface area (Å²) in [4.78, 5) is 0. The molecule has 0 amide bonds. The van der Waals surface area contributed by atoms with Crippen molar-refractivity contribution in [2.24, 2.45) is 0 Å². The minimum atomic E-state index is 0.885. The zero-order chi connectivity index (χ0) is 9.68. The molecule has 1 N–H and O–H groups in total. The SMILES string of the molecule is C/C=C(\C)NCc1cccc(Br)c1. The topological polar surface area (TPSA) is 12.0 Å². The van der Waals surface area contributed by atoms with E-state index >= 15 is 0 Å². The maximum Gasteiger partial charge on any atom is 0.0398 e. The lowest BCUT2D eigenvalue weighted by molar-refractivity contribution is 0.809. The predicted octanol–water partition coefficient (Wildman–Crippen LogP) is 3.46. The highest BCUT2D eigenvalue weighted by Gasteiger charge is 1.92. The Balaban J connectivity index is 2.55. The molecule has 2 heteroatoms. The Hall–Kier alpha value is -0.760. The minimum absolute atomic E-state index is 0.885. The van der Waals surface area contributed by atoms with E-state index in [4.69, 9.17) is 0 Å². The third kappa shape index (κ3) is 3.64. The fourth-order valence-corrected chi connectivity index (χ4v) is 1.44. The van der Waals surface area contributed by atoms with Gasteiger partial charge in [0.15, 0.2) is 0 Å². The van der Waals surface area contributed by atoms with Crippen LogP contribution in [0.4, 0.5) is 0 Å². The number of hydrogen-bond donors (Lipinski definition) is 1. The number of allylic oxidation sites excluding steroid dienone is 2. The summed E-state index contributed by atoms with van der Waals surface area (Å²) < 4.78 is 1.13. The van der Waals surface area contributed by atoms with Crippen LogP contribution in [0, 0.1) is 0 Å². The summed E-state index contributed by atoms with van der Waals surface area (Å²) in [5.41, 5.74) is 2.50. The zero-order valence-corrected chi connectivity index (χ0v) is 9.56. The molecule has 0 radical (unpaired) electrons. The highest BCUT2D eigenvalue weighted by molar-refractivity contribution is 9.10. The van der Waals surface area contributed by atoms with Crippen molar-refractivity contribution in [2.75, 3.05) is 0 Å². The number of halogens is 1. The molecule has 0 aromatic heterocycles. The van der Waals surface area contributed by atoms with Crippen LogP contribution in [0.3, 0.4) is 0 Å². The van der Waals surface area contributed by atoms with Crippen LogP contribution in [-0.2, 0) is 6.54 Å². The van der Waals surface area contributed by atoms with Crippen molar-refractivity contribution < 1.29 is 0 Å². The molecule has 1 aromatic rings. The molecule has 0 aliphatic carbocycles. The summed E-state index contributed by atoms with van der Waals surface area (Å²) in [6, 6.07) is 8.31. The third-order valence-corrected chi connectivity index (χ3v) is 2.39. The van der Waals surface area contributed by atoms with Crippen LogP contribution in [0.2, 0.25) is 0 Å². The van der Waals surface area contributed by atoms with E-state index < -0.39 is 0 Å². The molecule has 13 heavy (non-hydrogen) atoms. The van der Waals surface area contributed by atoms with Crippen molar-refractivity contribution in [3.8, 4) is 0 Å². The first-order valence-corrected chi connectivity index (χ1v) is 5.13. The number of hydrogen-bond acceptors (Lipinski definition) is 1. The van der Waals surface area contributed by atoms with Gasteiger partial charge in [0.2, 0.25) is 0 Å². The molecular weight excluding hydrogens is 226 g/mol. The van der Waals surface area contributed by atoms with E-state index in [2.05, 4.69) is 46.4 Å². The third-order valence-electron chi connectivity index (χ3n) is 1.89. The number of rotatable bonds is 3. The monoisotopic (exact) mass is 239 g/mol. The number of benzene rings is 1. The van der Waals surface area contributed by atoms with Gasteiger partial charge in [-0.2, -0.15) is 0 Å². The first-order chi connectivity index (χ1) is 6.22. The highest BCUT2D eigenvalue weighted by atomic mass is 79.9. The Morgan fingerprint density at radius 1 is 1.54 bits per heavy atom. The van der Waals surface area contributed by atoms with Crippen LogP contribution in [0.25, 0.3) is 0 Å². The van der Waals surface area contributed by atoms with E-state index in [0.717, 1.165) is 11.0 Å². The summed E-state index contributed by atoms with van der Waals surface area (Å²) in [5.74, 6) is 0. The second-order valence-electron chi connectivity index (χ2n) is 2.96. The lowest BCUT2D eigenvalue weighted by Gasteiger charge is -2.05. The van der Waals surface area contributed by atoms with Gasteiger partial charge in [-0.25, -0.2) is 0 Å². The fraction of sp³-hybridized carbons (Fsp3) is 0.273. The molecule has 1 aromatic carbocycles. The highest BCUT2D eigenvalue weighted by Crippen LogP contribution is 2.11. The lowest BCUT2D eigenvalue weighted by Crippen LogP contribution is -2.09. The second-order valence-corrected chi connectivity index (χ2v) is 3.87. The predicted molar refractivity (Wildman–Crippen MR) is 60.4 cm³/mol. The minimum Gasteiger partial charge on any atom is -0.385 e. The van der Waals surface area contributed by atoms with E-state index in [1.165, 1.54) is 11.3 Å². The molecule has 0 fully saturated rings. The van der Waals surface area contributed by atoms with Gasteiger partial charge in [-0.15, -0.1) is 0 Å². The van der Waals surface area contributed by atoms with E-state index in [-0.39, 0.29) is 0 Å². The van der Waals surface area contributed by atoms with Crippen LogP contribution in [-0.4, -0.2) is 0 Å². The van der Waals surface area contributed by atoms with E-state index in [1.807, 2.05) is 19.1 Å². The molecule has 0 bridgehead atoms. The van der Waals surface area contributed by atoms with Crippen molar-refractivity contribution in [1.29, 1.82) is 0 Å². The van der Waals surface area contributed by atoms with Crippen molar-refractivity contribution in [1.82, 2.24) is 5.32 Å². The summed E-state index contributed by atoms with van der Waals surface area (Å²) in [7, 11) is 0. The normalized spacial score (nSPS) is 11.5. The summed E-state index contributed by atoms with van der Waals surface area (Å²) in [5, 5.41) is 3.32. The van der Waals surface area contributed by atoms with Gasteiger partial charge in [0, 0.05) is 16.7 Å². The van der Waals surface area contributed by atoms with E-state index in [1.54, 1.807) is 0 Å². The standard InChI is InChI=1S/C11H14BrN/c1-3-9(2)13-8-10-5-4-6-11(12)7-10/h3-7,13H,8H2,1-2H3/b9-3+. The molecule has 0 saturated heterocycles. The molecular formula is C11H14BrN. The molecule has 0 aliphatic heterocycles. The molecule has 0 heterocycles. The maximum absolute atomic E-state index is 3.44. The maximum atomic E-state index is 3.44. The first-order valence-electron chi connectivity index (χ1n) is 4.33. The molecule has 0 unspecified atom stereocenters. The summed E-state index contributed by atoms with van der Waals surface area (Å²) >= 11 is 3.44. The molecule has 0 spiro atoms. The van der Waals surface area contributed by atoms with Gasteiger partial charge < -0.3 is 5.32 Å². The van der Waals surface area contributed by atoms with Crippen molar-refractivity contribution >= 4 is 15.9 Å². The molecule has 1 rings (SSSR count). The van der Waals surface area contributed by atoms with Gasteiger partial charge in [0.25, 0.3) is 0 Å². The number of nitrogens with one attached hydrogen (secondary N) is 1. The molecule has 0 atom stereocenters. The summed E-state index contributed by atoms with van der Waals surface area (Å²) in [6.07, 6.45) is 2.07. The van der Waals surface area contributed by atoms with Gasteiger partial charge >= 0.3 is 0 Å². The molecule has 70 valence electrons. The van der Waals surface area contributed by atoms with Gasteiger partial charge in [0.05, 0.1) is 0 Å². The van der Waals surface area contributed by atoms with Crippen molar-refractivity contribution in [3.05, 3.63) is 46.1 Å².